The molecule has 27 heavy (non-hydrogen) atoms. The Morgan fingerprint density at radius 1 is 1.19 bits per heavy atom. The third kappa shape index (κ3) is 4.26. The van der Waals surface area contributed by atoms with E-state index >= 15 is 0 Å². The van der Waals surface area contributed by atoms with Gasteiger partial charge in [-0.1, -0.05) is 23.2 Å². The van der Waals surface area contributed by atoms with E-state index in [1.807, 2.05) is 13.0 Å². The van der Waals surface area contributed by atoms with Crippen molar-refractivity contribution in [3.63, 3.8) is 0 Å². The number of hydrogen-bond acceptors (Lipinski definition) is 4. The summed E-state index contributed by atoms with van der Waals surface area (Å²) in [5.41, 5.74) is 1.69. The van der Waals surface area contributed by atoms with Crippen LogP contribution in [0.2, 0.25) is 10.0 Å². The second-order valence-corrected chi connectivity index (χ2v) is 6.87. The smallest absolute Gasteiger partial charge is 0.339 e. The van der Waals surface area contributed by atoms with Gasteiger partial charge in [-0.2, -0.15) is 0 Å². The SMILES string of the molecule is COc1ccc2c(C)c(CCC(=O)Nc3cc(Cl)ccc3Cl)c(=O)oc2c1. The lowest BCUT2D eigenvalue weighted by Crippen LogP contribution is -2.16. The van der Waals surface area contributed by atoms with Gasteiger partial charge in [0.25, 0.3) is 0 Å². The molecule has 5 nitrogen and oxygen atoms in total. The Morgan fingerprint density at radius 2 is 1.96 bits per heavy atom. The number of ether oxygens (including phenoxy) is 1. The van der Waals surface area contributed by atoms with E-state index in [0.29, 0.717) is 32.6 Å². The summed E-state index contributed by atoms with van der Waals surface area (Å²) in [6.07, 6.45) is 0.357. The number of fused-ring (bicyclic) bond motifs is 1. The fourth-order valence-electron chi connectivity index (χ4n) is 2.84. The minimum absolute atomic E-state index is 0.107. The van der Waals surface area contributed by atoms with Crippen LogP contribution in [0, 0.1) is 6.92 Å². The van der Waals surface area contributed by atoms with Crippen molar-refractivity contribution in [1.29, 1.82) is 0 Å². The van der Waals surface area contributed by atoms with Gasteiger partial charge in [0.05, 0.1) is 17.8 Å². The first-order valence-electron chi connectivity index (χ1n) is 8.24. The number of carbonyl (C=O) groups is 1. The van der Waals surface area contributed by atoms with Gasteiger partial charge in [-0.25, -0.2) is 4.79 Å². The van der Waals surface area contributed by atoms with Gasteiger partial charge in [-0.3, -0.25) is 4.79 Å². The minimum atomic E-state index is -0.457. The topological polar surface area (TPSA) is 68.5 Å². The van der Waals surface area contributed by atoms with Crippen LogP contribution in [0.5, 0.6) is 5.75 Å². The Labute approximate surface area is 165 Å². The van der Waals surface area contributed by atoms with Gasteiger partial charge in [0.2, 0.25) is 5.91 Å². The summed E-state index contributed by atoms with van der Waals surface area (Å²) < 4.78 is 10.5. The lowest BCUT2D eigenvalue weighted by atomic mass is 10.0. The standard InChI is InChI=1S/C20H17Cl2NO4/c1-11-14-5-4-13(26-2)10-18(14)27-20(25)15(11)6-8-19(24)23-17-9-12(21)3-7-16(17)22/h3-5,7,9-10H,6,8H2,1-2H3,(H,23,24). The number of aryl methyl sites for hydroxylation is 1. The van der Waals surface area contributed by atoms with Gasteiger partial charge in [-0.05, 0) is 49.2 Å². The van der Waals surface area contributed by atoms with E-state index in [0.717, 1.165) is 10.9 Å². The number of hydrogen-bond donors (Lipinski definition) is 1. The Morgan fingerprint density at radius 3 is 2.70 bits per heavy atom. The average molecular weight is 406 g/mol. The third-order valence-electron chi connectivity index (χ3n) is 4.30. The molecule has 0 spiro atoms. The Hall–Kier alpha value is -2.50. The molecular weight excluding hydrogens is 389 g/mol. The molecule has 0 aliphatic rings. The molecule has 0 unspecified atom stereocenters. The zero-order valence-corrected chi connectivity index (χ0v) is 16.3. The Bertz CT molecular complexity index is 1080. The zero-order valence-electron chi connectivity index (χ0n) is 14.8. The molecule has 0 saturated heterocycles. The second-order valence-electron chi connectivity index (χ2n) is 6.03. The summed E-state index contributed by atoms with van der Waals surface area (Å²) in [5.74, 6) is 0.336. The fourth-order valence-corrected chi connectivity index (χ4v) is 3.17. The van der Waals surface area contributed by atoms with Gasteiger partial charge < -0.3 is 14.5 Å². The minimum Gasteiger partial charge on any atom is -0.497 e. The van der Waals surface area contributed by atoms with E-state index < -0.39 is 5.63 Å². The van der Waals surface area contributed by atoms with Crippen molar-refractivity contribution in [2.75, 3.05) is 12.4 Å². The molecule has 1 heterocycles. The van der Waals surface area contributed by atoms with Crippen molar-refractivity contribution in [1.82, 2.24) is 0 Å². The van der Waals surface area contributed by atoms with Gasteiger partial charge in [-0.15, -0.1) is 0 Å². The first kappa shape index (κ1) is 19.3. The number of methoxy groups -OCH3 is 1. The summed E-state index contributed by atoms with van der Waals surface area (Å²) >= 11 is 12.0. The molecule has 0 radical (unpaired) electrons. The lowest BCUT2D eigenvalue weighted by molar-refractivity contribution is -0.116. The molecule has 3 rings (SSSR count). The molecule has 140 valence electrons. The Balaban J connectivity index is 1.79. The molecule has 1 amide bonds. The first-order valence-corrected chi connectivity index (χ1v) is 9.00. The van der Waals surface area contributed by atoms with Crippen LogP contribution < -0.4 is 15.7 Å². The maximum absolute atomic E-state index is 12.3. The van der Waals surface area contributed by atoms with E-state index in [2.05, 4.69) is 5.32 Å². The molecular formula is C20H17Cl2NO4. The fraction of sp³-hybridized carbons (Fsp3) is 0.200. The molecule has 0 aliphatic carbocycles. The zero-order chi connectivity index (χ0) is 19.6. The molecule has 1 aromatic heterocycles. The van der Waals surface area contributed by atoms with Crippen molar-refractivity contribution >= 4 is 45.8 Å². The lowest BCUT2D eigenvalue weighted by Gasteiger charge is -2.10. The van der Waals surface area contributed by atoms with Gasteiger partial charge in [0.1, 0.15) is 11.3 Å². The van der Waals surface area contributed by atoms with E-state index in [4.69, 9.17) is 32.4 Å². The van der Waals surface area contributed by atoms with E-state index in [1.165, 1.54) is 0 Å². The highest BCUT2D eigenvalue weighted by Gasteiger charge is 2.14. The van der Waals surface area contributed by atoms with Crippen LogP contribution in [0.1, 0.15) is 17.5 Å². The van der Waals surface area contributed by atoms with Crippen molar-refractivity contribution in [3.05, 3.63) is 68.0 Å². The number of amides is 1. The molecule has 1 N–H and O–H groups in total. The highest BCUT2D eigenvalue weighted by molar-refractivity contribution is 6.35. The van der Waals surface area contributed by atoms with E-state index in [9.17, 15) is 9.59 Å². The number of rotatable bonds is 5. The molecule has 2 aromatic carbocycles. The normalized spacial score (nSPS) is 10.8. The number of carbonyl (C=O) groups excluding carboxylic acids is 1. The molecule has 0 aliphatic heterocycles. The highest BCUT2D eigenvalue weighted by Crippen LogP contribution is 2.26. The average Bonchev–Trinajstić information content (AvgIpc) is 2.64. The monoisotopic (exact) mass is 405 g/mol. The number of benzene rings is 2. The van der Waals surface area contributed by atoms with Crippen LogP contribution in [0.15, 0.2) is 45.6 Å². The molecule has 0 fully saturated rings. The number of anilines is 1. The predicted octanol–water partition coefficient (Wildman–Crippen LogP) is 4.99. The van der Waals surface area contributed by atoms with Gasteiger partial charge >= 0.3 is 5.63 Å². The van der Waals surface area contributed by atoms with Crippen LogP contribution in [0.3, 0.4) is 0 Å². The quantitative estimate of drug-likeness (QED) is 0.607. The maximum atomic E-state index is 12.3. The van der Waals surface area contributed by atoms with Gasteiger partial charge in [0.15, 0.2) is 0 Å². The number of halogens is 2. The summed E-state index contributed by atoms with van der Waals surface area (Å²) in [7, 11) is 1.55. The third-order valence-corrected chi connectivity index (χ3v) is 4.86. The van der Waals surface area contributed by atoms with Crippen LogP contribution in [0.4, 0.5) is 5.69 Å². The first-order chi connectivity index (χ1) is 12.9. The molecule has 0 atom stereocenters. The summed E-state index contributed by atoms with van der Waals surface area (Å²) in [6, 6.07) is 10.1. The molecule has 0 saturated carbocycles. The van der Waals surface area contributed by atoms with Crippen LogP contribution in [-0.4, -0.2) is 13.0 Å². The van der Waals surface area contributed by atoms with Crippen molar-refractivity contribution < 1.29 is 13.9 Å². The van der Waals surface area contributed by atoms with Crippen LogP contribution in [0.25, 0.3) is 11.0 Å². The summed E-state index contributed by atoms with van der Waals surface area (Å²) in [4.78, 5) is 24.6. The van der Waals surface area contributed by atoms with Crippen LogP contribution in [-0.2, 0) is 11.2 Å². The molecule has 0 bridgehead atoms. The maximum Gasteiger partial charge on any atom is 0.339 e. The second kappa shape index (κ2) is 8.03. The molecule has 7 heteroatoms. The van der Waals surface area contributed by atoms with E-state index in [-0.39, 0.29) is 18.7 Å². The van der Waals surface area contributed by atoms with E-state index in [1.54, 1.807) is 37.4 Å². The highest BCUT2D eigenvalue weighted by atomic mass is 35.5. The van der Waals surface area contributed by atoms with Crippen LogP contribution >= 0.6 is 23.2 Å². The largest absolute Gasteiger partial charge is 0.497 e. The Kier molecular flexibility index (Phi) is 5.73. The van der Waals surface area contributed by atoms with Crippen molar-refractivity contribution in [2.45, 2.75) is 19.8 Å². The van der Waals surface area contributed by atoms with Crippen molar-refractivity contribution in [3.8, 4) is 5.75 Å². The summed E-state index contributed by atoms with van der Waals surface area (Å²) in [5, 5.41) is 4.38. The molecule has 3 aromatic rings. The predicted molar refractivity (Wildman–Crippen MR) is 107 cm³/mol. The summed E-state index contributed by atoms with van der Waals surface area (Å²) in [6.45, 7) is 1.84. The van der Waals surface area contributed by atoms with Gasteiger partial charge in [0, 0.05) is 28.5 Å². The van der Waals surface area contributed by atoms with Crippen molar-refractivity contribution in [2.24, 2.45) is 0 Å². The number of nitrogens with one attached hydrogen (secondary N) is 1.